The first-order valence-corrected chi connectivity index (χ1v) is 4.21. The van der Waals surface area contributed by atoms with Crippen LogP contribution in [0.1, 0.15) is 11.1 Å². The van der Waals surface area contributed by atoms with Gasteiger partial charge in [-0.1, -0.05) is 35.0 Å². The lowest BCUT2D eigenvalue weighted by Crippen LogP contribution is -1.81. The molecule has 14 heavy (non-hydrogen) atoms. The van der Waals surface area contributed by atoms with Crippen LogP contribution in [0.15, 0.2) is 35.0 Å². The molecule has 3 nitrogen and oxygen atoms in total. The summed E-state index contributed by atoms with van der Waals surface area (Å²) in [6.45, 7) is 2.00. The van der Waals surface area contributed by atoms with Crippen LogP contribution >= 0.6 is 0 Å². The molecule has 2 aromatic rings. The molecule has 0 atom stereocenters. The number of benzene rings is 1. The molecule has 1 radical (unpaired) electrons. The summed E-state index contributed by atoms with van der Waals surface area (Å²) in [4.78, 5) is 10.5. The molecule has 0 aliphatic rings. The van der Waals surface area contributed by atoms with E-state index in [9.17, 15) is 4.79 Å². The van der Waals surface area contributed by atoms with Crippen molar-refractivity contribution >= 4 is 6.29 Å². The fraction of sp³-hybridized carbons (Fsp3) is 0.0909. The Morgan fingerprint density at radius 1 is 1.29 bits per heavy atom. The maximum Gasteiger partial charge on any atom is 0.239 e. The minimum Gasteiger partial charge on any atom is -0.356 e. The third-order valence-corrected chi connectivity index (χ3v) is 1.99. The number of hydrogen-bond donors (Lipinski definition) is 0. The fourth-order valence-corrected chi connectivity index (χ4v) is 1.23. The van der Waals surface area contributed by atoms with Gasteiger partial charge >= 0.3 is 0 Å². The average Bonchev–Trinajstić information content (AvgIpc) is 2.67. The van der Waals surface area contributed by atoms with Crippen molar-refractivity contribution in [2.24, 2.45) is 0 Å². The largest absolute Gasteiger partial charge is 0.356 e. The van der Waals surface area contributed by atoms with Gasteiger partial charge in [-0.15, -0.1) is 0 Å². The van der Waals surface area contributed by atoms with E-state index in [0.29, 0.717) is 11.3 Å². The first kappa shape index (κ1) is 8.69. The van der Waals surface area contributed by atoms with E-state index in [2.05, 4.69) is 5.16 Å². The van der Waals surface area contributed by atoms with Crippen molar-refractivity contribution in [2.75, 3.05) is 0 Å². The monoisotopic (exact) mass is 186 g/mol. The SMILES string of the molecule is Cc1ccc(-c2oncc2[C]=O)cc1. The fourth-order valence-electron chi connectivity index (χ4n) is 1.23. The summed E-state index contributed by atoms with van der Waals surface area (Å²) in [5, 5.41) is 3.55. The molecule has 0 aliphatic heterocycles. The van der Waals surface area contributed by atoms with Gasteiger partial charge in [0.25, 0.3) is 0 Å². The lowest BCUT2D eigenvalue weighted by Gasteiger charge is -1.96. The molecule has 1 aromatic heterocycles. The van der Waals surface area contributed by atoms with Gasteiger partial charge in [0.05, 0.1) is 11.8 Å². The Kier molecular flexibility index (Phi) is 2.14. The van der Waals surface area contributed by atoms with E-state index in [1.54, 1.807) is 6.29 Å². The van der Waals surface area contributed by atoms with Gasteiger partial charge < -0.3 is 4.52 Å². The first-order chi connectivity index (χ1) is 6.81. The molecule has 0 aliphatic carbocycles. The Hall–Kier alpha value is -1.90. The third kappa shape index (κ3) is 1.44. The van der Waals surface area contributed by atoms with Crippen LogP contribution in [-0.4, -0.2) is 11.4 Å². The van der Waals surface area contributed by atoms with Crippen molar-refractivity contribution in [1.29, 1.82) is 0 Å². The Morgan fingerprint density at radius 3 is 2.64 bits per heavy atom. The number of carbonyl (C=O) groups excluding carboxylic acids is 1. The predicted molar refractivity (Wildman–Crippen MR) is 51.5 cm³/mol. The first-order valence-electron chi connectivity index (χ1n) is 4.21. The molecule has 0 spiro atoms. The summed E-state index contributed by atoms with van der Waals surface area (Å²) in [6, 6.07) is 7.67. The summed E-state index contributed by atoms with van der Waals surface area (Å²) in [6.07, 6.45) is 3.15. The zero-order chi connectivity index (χ0) is 9.97. The number of nitrogens with zero attached hydrogens (tertiary/aromatic N) is 1. The van der Waals surface area contributed by atoms with E-state index in [1.807, 2.05) is 31.2 Å². The molecule has 0 unspecified atom stereocenters. The van der Waals surface area contributed by atoms with Crippen LogP contribution in [0, 0.1) is 6.92 Å². The minimum absolute atomic E-state index is 0.355. The van der Waals surface area contributed by atoms with Crippen molar-refractivity contribution in [3.8, 4) is 11.3 Å². The van der Waals surface area contributed by atoms with Gasteiger partial charge in [-0.05, 0) is 6.92 Å². The summed E-state index contributed by atoms with van der Waals surface area (Å²) >= 11 is 0. The van der Waals surface area contributed by atoms with Crippen molar-refractivity contribution in [2.45, 2.75) is 6.92 Å². The molecule has 2 rings (SSSR count). The van der Waals surface area contributed by atoms with Gasteiger partial charge in [0.1, 0.15) is 0 Å². The van der Waals surface area contributed by atoms with Crippen LogP contribution in [0.4, 0.5) is 0 Å². The lowest BCUT2D eigenvalue weighted by molar-refractivity contribution is 0.432. The van der Waals surface area contributed by atoms with Crippen LogP contribution in [0.25, 0.3) is 11.3 Å². The van der Waals surface area contributed by atoms with Gasteiger partial charge in [-0.25, -0.2) is 0 Å². The zero-order valence-electron chi connectivity index (χ0n) is 7.65. The summed E-state index contributed by atoms with van der Waals surface area (Å²) in [5.74, 6) is 0.472. The van der Waals surface area contributed by atoms with E-state index in [-0.39, 0.29) is 0 Å². The maximum absolute atomic E-state index is 10.5. The van der Waals surface area contributed by atoms with Gasteiger partial charge in [0.15, 0.2) is 5.76 Å². The molecule has 0 fully saturated rings. The van der Waals surface area contributed by atoms with E-state index in [1.165, 1.54) is 6.20 Å². The van der Waals surface area contributed by atoms with Crippen molar-refractivity contribution < 1.29 is 9.32 Å². The summed E-state index contributed by atoms with van der Waals surface area (Å²) in [5.41, 5.74) is 2.35. The predicted octanol–water partition coefficient (Wildman–Crippen LogP) is 2.11. The van der Waals surface area contributed by atoms with E-state index in [0.717, 1.165) is 11.1 Å². The highest BCUT2D eigenvalue weighted by Crippen LogP contribution is 2.22. The quantitative estimate of drug-likeness (QED) is 0.721. The number of aromatic nitrogens is 1. The zero-order valence-corrected chi connectivity index (χ0v) is 7.65. The van der Waals surface area contributed by atoms with Crippen molar-refractivity contribution in [3.05, 3.63) is 41.6 Å². The number of rotatable bonds is 2. The maximum atomic E-state index is 10.5. The standard InChI is InChI=1S/C11H8NO2/c1-8-2-4-9(5-3-8)11-10(7-13)6-12-14-11/h2-6H,1H3. The molecule has 69 valence electrons. The molecule has 3 heteroatoms. The van der Waals surface area contributed by atoms with Crippen LogP contribution in [0.3, 0.4) is 0 Å². The van der Waals surface area contributed by atoms with Gasteiger partial charge in [-0.3, -0.25) is 4.79 Å². The van der Waals surface area contributed by atoms with Crippen LogP contribution in [-0.2, 0) is 4.79 Å². The van der Waals surface area contributed by atoms with Crippen molar-refractivity contribution in [1.82, 2.24) is 5.16 Å². The Labute approximate surface area is 81.3 Å². The van der Waals surface area contributed by atoms with Gasteiger partial charge in [-0.2, -0.15) is 0 Å². The highest BCUT2D eigenvalue weighted by molar-refractivity contribution is 5.84. The van der Waals surface area contributed by atoms with E-state index in [4.69, 9.17) is 4.52 Å². The number of aryl methyl sites for hydroxylation is 1. The Morgan fingerprint density at radius 2 is 2.00 bits per heavy atom. The van der Waals surface area contributed by atoms with Crippen molar-refractivity contribution in [3.63, 3.8) is 0 Å². The third-order valence-electron chi connectivity index (χ3n) is 1.99. The van der Waals surface area contributed by atoms with Crippen LogP contribution < -0.4 is 0 Å². The normalized spacial score (nSPS) is 10.1. The Bertz CT molecular complexity index is 443. The smallest absolute Gasteiger partial charge is 0.239 e. The second kappa shape index (κ2) is 3.46. The molecule has 0 saturated heterocycles. The average molecular weight is 186 g/mol. The second-order valence-corrected chi connectivity index (χ2v) is 3.04. The Balaban J connectivity index is 2.49. The highest BCUT2D eigenvalue weighted by Gasteiger charge is 2.09. The van der Waals surface area contributed by atoms with E-state index < -0.39 is 0 Å². The van der Waals surface area contributed by atoms with E-state index >= 15 is 0 Å². The van der Waals surface area contributed by atoms with Gasteiger partial charge in [0.2, 0.25) is 6.29 Å². The number of hydrogen-bond acceptors (Lipinski definition) is 3. The highest BCUT2D eigenvalue weighted by atomic mass is 16.5. The molecule has 0 bridgehead atoms. The van der Waals surface area contributed by atoms with Crippen LogP contribution in [0.2, 0.25) is 0 Å². The molecule has 0 N–H and O–H groups in total. The molecule has 1 heterocycles. The summed E-state index contributed by atoms with van der Waals surface area (Å²) < 4.78 is 4.97. The topological polar surface area (TPSA) is 43.1 Å². The summed E-state index contributed by atoms with van der Waals surface area (Å²) in [7, 11) is 0. The van der Waals surface area contributed by atoms with Gasteiger partial charge in [0, 0.05) is 5.56 Å². The molecule has 0 saturated carbocycles. The molecule has 1 aromatic carbocycles. The van der Waals surface area contributed by atoms with Crippen LogP contribution in [0.5, 0.6) is 0 Å². The molecular formula is C11H8NO2. The minimum atomic E-state index is 0.355. The second-order valence-electron chi connectivity index (χ2n) is 3.04. The molecule has 0 amide bonds. The molecular weight excluding hydrogens is 178 g/mol. The lowest BCUT2D eigenvalue weighted by atomic mass is 10.1.